The average Bonchev–Trinajstić information content (AvgIpc) is 2.70. The van der Waals surface area contributed by atoms with Gasteiger partial charge in [-0.05, 0) is 27.0 Å². The van der Waals surface area contributed by atoms with Crippen molar-refractivity contribution in [2.75, 3.05) is 27.8 Å². The van der Waals surface area contributed by atoms with Gasteiger partial charge in [0.1, 0.15) is 0 Å². The number of likely N-dealkylation sites (N-methyl/N-ethyl adjacent to an activating group) is 1. The molecule has 0 saturated heterocycles. The van der Waals surface area contributed by atoms with Crippen LogP contribution in [0.5, 0.6) is 0 Å². The molecular weight excluding hydrogens is 284 g/mol. The molecule has 0 aliphatic heterocycles. The van der Waals surface area contributed by atoms with Crippen LogP contribution in [0, 0.1) is 6.92 Å². The van der Waals surface area contributed by atoms with E-state index in [1.807, 2.05) is 20.9 Å². The second-order valence-corrected chi connectivity index (χ2v) is 7.80. The maximum Gasteiger partial charge on any atom is 0.244 e. The van der Waals surface area contributed by atoms with Gasteiger partial charge in [0.05, 0.1) is 11.5 Å². The van der Waals surface area contributed by atoms with Crippen molar-refractivity contribution in [2.24, 2.45) is 0 Å². The van der Waals surface area contributed by atoms with E-state index >= 15 is 0 Å². The predicted molar refractivity (Wildman–Crippen MR) is 78.1 cm³/mol. The first-order valence-corrected chi connectivity index (χ1v) is 8.31. The third-order valence-corrected chi connectivity index (χ3v) is 6.24. The third kappa shape index (κ3) is 3.76. The predicted octanol–water partition coefficient (Wildman–Crippen LogP) is 1.43. The number of nitrogens with one attached hydrogen (secondary N) is 1. The van der Waals surface area contributed by atoms with Gasteiger partial charge < -0.3 is 10.1 Å². The Morgan fingerprint density at radius 2 is 2.16 bits per heavy atom. The van der Waals surface area contributed by atoms with Gasteiger partial charge in [0.15, 0.2) is 0 Å². The molecule has 0 saturated carbocycles. The fraction of sp³-hybridized carbons (Fsp3) is 0.667. The van der Waals surface area contributed by atoms with Gasteiger partial charge in [-0.25, -0.2) is 8.42 Å². The van der Waals surface area contributed by atoms with Gasteiger partial charge in [0.2, 0.25) is 10.0 Å². The molecule has 0 bridgehead atoms. The van der Waals surface area contributed by atoms with Crippen LogP contribution in [0.15, 0.2) is 11.0 Å². The number of thiophene rings is 1. The first kappa shape index (κ1) is 16.6. The van der Waals surface area contributed by atoms with Crippen molar-refractivity contribution < 1.29 is 13.2 Å². The lowest BCUT2D eigenvalue weighted by Crippen LogP contribution is -2.37. The molecule has 0 amide bonds. The zero-order chi connectivity index (χ0) is 14.6. The van der Waals surface area contributed by atoms with Gasteiger partial charge in [-0.2, -0.15) is 4.31 Å². The standard InChI is InChI=1S/C12H22N2O3S2/c1-9(8-17-5)14(4)19(15,16)12-6-11(7-13-3)18-10(12)2/h6,9,13H,7-8H2,1-5H3. The van der Waals surface area contributed by atoms with Crippen LogP contribution in [0.3, 0.4) is 0 Å². The largest absolute Gasteiger partial charge is 0.383 e. The molecule has 7 heteroatoms. The second kappa shape index (κ2) is 6.81. The number of nitrogens with zero attached hydrogens (tertiary/aromatic N) is 1. The summed E-state index contributed by atoms with van der Waals surface area (Å²) in [4.78, 5) is 2.24. The van der Waals surface area contributed by atoms with Crippen LogP contribution in [0.2, 0.25) is 0 Å². The Balaban J connectivity index is 3.05. The highest BCUT2D eigenvalue weighted by Gasteiger charge is 2.28. The van der Waals surface area contributed by atoms with E-state index in [1.54, 1.807) is 20.2 Å². The molecule has 1 aromatic heterocycles. The summed E-state index contributed by atoms with van der Waals surface area (Å²) in [6.07, 6.45) is 0. The van der Waals surface area contributed by atoms with Crippen molar-refractivity contribution in [1.82, 2.24) is 9.62 Å². The van der Waals surface area contributed by atoms with Crippen LogP contribution in [0.4, 0.5) is 0 Å². The van der Waals surface area contributed by atoms with E-state index in [9.17, 15) is 8.42 Å². The Hall–Kier alpha value is -0.470. The number of hydrogen-bond acceptors (Lipinski definition) is 5. The van der Waals surface area contributed by atoms with Crippen molar-refractivity contribution in [2.45, 2.75) is 31.3 Å². The van der Waals surface area contributed by atoms with Crippen LogP contribution in [0.25, 0.3) is 0 Å². The lowest BCUT2D eigenvalue weighted by atomic mass is 10.4. The lowest BCUT2D eigenvalue weighted by molar-refractivity contribution is 0.149. The van der Waals surface area contributed by atoms with Crippen molar-refractivity contribution >= 4 is 21.4 Å². The fourth-order valence-corrected chi connectivity index (χ4v) is 4.74. The van der Waals surface area contributed by atoms with Gasteiger partial charge >= 0.3 is 0 Å². The normalized spacial score (nSPS) is 14.0. The van der Waals surface area contributed by atoms with E-state index in [0.717, 1.165) is 9.75 Å². The van der Waals surface area contributed by atoms with Crippen LogP contribution in [0.1, 0.15) is 16.7 Å². The minimum absolute atomic E-state index is 0.193. The SMILES string of the molecule is CNCc1cc(S(=O)(=O)N(C)C(C)COC)c(C)s1. The molecule has 0 aliphatic rings. The van der Waals surface area contributed by atoms with E-state index in [1.165, 1.54) is 15.6 Å². The summed E-state index contributed by atoms with van der Waals surface area (Å²) in [5.74, 6) is 0. The van der Waals surface area contributed by atoms with Gasteiger partial charge in [0, 0.05) is 36.5 Å². The summed E-state index contributed by atoms with van der Waals surface area (Å²) in [7, 11) is 1.55. The Morgan fingerprint density at radius 3 is 2.68 bits per heavy atom. The molecule has 0 spiro atoms. The number of aryl methyl sites for hydroxylation is 1. The lowest BCUT2D eigenvalue weighted by Gasteiger charge is -2.23. The van der Waals surface area contributed by atoms with Crippen LogP contribution < -0.4 is 5.32 Å². The van der Waals surface area contributed by atoms with Gasteiger partial charge in [0.25, 0.3) is 0 Å². The van der Waals surface area contributed by atoms with Crippen molar-refractivity contribution in [3.8, 4) is 0 Å². The third-order valence-electron chi connectivity index (χ3n) is 2.96. The van der Waals surface area contributed by atoms with E-state index in [0.29, 0.717) is 18.0 Å². The molecule has 1 N–H and O–H groups in total. The Morgan fingerprint density at radius 1 is 1.53 bits per heavy atom. The number of ether oxygens (including phenoxy) is 1. The topological polar surface area (TPSA) is 58.6 Å². The second-order valence-electron chi connectivity index (χ2n) is 4.49. The van der Waals surface area contributed by atoms with E-state index in [-0.39, 0.29) is 6.04 Å². The number of sulfonamides is 1. The van der Waals surface area contributed by atoms with E-state index < -0.39 is 10.0 Å². The summed E-state index contributed by atoms with van der Waals surface area (Å²) in [5.41, 5.74) is 0. The minimum Gasteiger partial charge on any atom is -0.383 e. The summed E-state index contributed by atoms with van der Waals surface area (Å²) in [6.45, 7) is 4.73. The zero-order valence-corrected chi connectivity index (χ0v) is 13.7. The quantitative estimate of drug-likeness (QED) is 0.828. The molecule has 0 radical (unpaired) electrons. The smallest absolute Gasteiger partial charge is 0.244 e. The van der Waals surface area contributed by atoms with Crippen LogP contribution in [-0.4, -0.2) is 46.6 Å². The first-order valence-electron chi connectivity index (χ1n) is 6.05. The number of methoxy groups -OCH3 is 1. The Labute approximate surface area is 119 Å². The van der Waals surface area contributed by atoms with Gasteiger partial charge in [-0.1, -0.05) is 0 Å². The molecule has 0 aliphatic carbocycles. The zero-order valence-electron chi connectivity index (χ0n) is 12.1. The van der Waals surface area contributed by atoms with Gasteiger partial charge in [-0.3, -0.25) is 0 Å². The van der Waals surface area contributed by atoms with Gasteiger partial charge in [-0.15, -0.1) is 11.3 Å². The summed E-state index contributed by atoms with van der Waals surface area (Å²) >= 11 is 1.51. The van der Waals surface area contributed by atoms with Crippen molar-refractivity contribution in [1.29, 1.82) is 0 Å². The highest BCUT2D eigenvalue weighted by molar-refractivity contribution is 7.89. The maximum absolute atomic E-state index is 12.5. The molecule has 1 rings (SSSR count). The molecule has 1 atom stereocenters. The van der Waals surface area contributed by atoms with E-state index in [4.69, 9.17) is 4.74 Å². The Bertz CT molecular complexity index is 511. The van der Waals surface area contributed by atoms with Crippen molar-refractivity contribution in [3.05, 3.63) is 15.8 Å². The molecule has 110 valence electrons. The summed E-state index contributed by atoms with van der Waals surface area (Å²) in [5, 5.41) is 3.03. The average molecular weight is 306 g/mol. The summed E-state index contributed by atoms with van der Waals surface area (Å²) < 4.78 is 31.5. The number of rotatable bonds is 7. The number of hydrogen-bond donors (Lipinski definition) is 1. The highest BCUT2D eigenvalue weighted by Crippen LogP contribution is 2.28. The highest BCUT2D eigenvalue weighted by atomic mass is 32.2. The monoisotopic (exact) mass is 306 g/mol. The van der Waals surface area contributed by atoms with E-state index in [2.05, 4.69) is 5.32 Å². The Kier molecular flexibility index (Phi) is 5.94. The van der Waals surface area contributed by atoms with Crippen LogP contribution in [-0.2, 0) is 21.3 Å². The first-order chi connectivity index (χ1) is 8.84. The molecule has 0 aromatic carbocycles. The van der Waals surface area contributed by atoms with Crippen molar-refractivity contribution in [3.63, 3.8) is 0 Å². The molecule has 1 aromatic rings. The molecule has 19 heavy (non-hydrogen) atoms. The maximum atomic E-state index is 12.5. The summed E-state index contributed by atoms with van der Waals surface area (Å²) in [6, 6.07) is 1.56. The molecule has 1 heterocycles. The molecule has 0 fully saturated rings. The fourth-order valence-electron chi connectivity index (χ4n) is 1.78. The minimum atomic E-state index is -3.45. The molecule has 1 unspecified atom stereocenters. The van der Waals surface area contributed by atoms with Crippen LogP contribution >= 0.6 is 11.3 Å². The molecular formula is C12H22N2O3S2. The molecule has 5 nitrogen and oxygen atoms in total.